The molecule has 0 aromatic carbocycles. The van der Waals surface area contributed by atoms with Crippen LogP contribution in [0.2, 0.25) is 0 Å². The number of allylic oxidation sites excluding steroid dienone is 1. The molecule has 1 rings (SSSR count). The maximum Gasteiger partial charge on any atom is 0.325 e. The standard InChI is InChI=1S/C12H21N3O2/c1-3-9(2)8-14-12(17)15-11(16)10-4-6-13-7-5-10/h8,10,13H,3-7H2,1-2H3,(H2,14,15,16,17)/b9-8+. The van der Waals surface area contributed by atoms with Crippen molar-refractivity contribution in [1.82, 2.24) is 16.0 Å². The zero-order valence-corrected chi connectivity index (χ0v) is 10.5. The van der Waals surface area contributed by atoms with Crippen LogP contribution in [0, 0.1) is 5.92 Å². The van der Waals surface area contributed by atoms with Gasteiger partial charge in [-0.25, -0.2) is 4.79 Å². The fourth-order valence-electron chi connectivity index (χ4n) is 1.62. The van der Waals surface area contributed by atoms with Crippen LogP contribution < -0.4 is 16.0 Å². The second-order valence-electron chi connectivity index (χ2n) is 4.33. The van der Waals surface area contributed by atoms with E-state index in [-0.39, 0.29) is 11.8 Å². The van der Waals surface area contributed by atoms with Crippen molar-refractivity contribution in [2.75, 3.05) is 13.1 Å². The Labute approximate surface area is 102 Å². The van der Waals surface area contributed by atoms with Crippen LogP contribution in [0.25, 0.3) is 0 Å². The van der Waals surface area contributed by atoms with E-state index in [1.807, 2.05) is 13.8 Å². The molecule has 5 heteroatoms. The van der Waals surface area contributed by atoms with Crippen LogP contribution in [0.5, 0.6) is 0 Å². The second-order valence-corrected chi connectivity index (χ2v) is 4.33. The summed E-state index contributed by atoms with van der Waals surface area (Å²) < 4.78 is 0. The maximum absolute atomic E-state index is 11.7. The zero-order valence-electron chi connectivity index (χ0n) is 10.5. The first-order chi connectivity index (χ1) is 8.13. The molecule has 1 heterocycles. The molecule has 0 aliphatic carbocycles. The third kappa shape index (κ3) is 4.99. The van der Waals surface area contributed by atoms with Crippen LogP contribution in [0.15, 0.2) is 11.8 Å². The third-order valence-electron chi connectivity index (χ3n) is 2.95. The maximum atomic E-state index is 11.7. The topological polar surface area (TPSA) is 70.2 Å². The van der Waals surface area contributed by atoms with Gasteiger partial charge in [-0.2, -0.15) is 0 Å². The number of imide groups is 1. The van der Waals surface area contributed by atoms with Crippen LogP contribution in [-0.4, -0.2) is 25.0 Å². The van der Waals surface area contributed by atoms with E-state index in [1.54, 1.807) is 6.20 Å². The Morgan fingerprint density at radius 1 is 1.35 bits per heavy atom. The van der Waals surface area contributed by atoms with Crippen molar-refractivity contribution in [3.05, 3.63) is 11.8 Å². The van der Waals surface area contributed by atoms with Gasteiger partial charge < -0.3 is 10.6 Å². The number of urea groups is 1. The predicted octanol–water partition coefficient (Wildman–Crippen LogP) is 1.13. The summed E-state index contributed by atoms with van der Waals surface area (Å²) in [5.74, 6) is -0.218. The number of hydrogen-bond donors (Lipinski definition) is 3. The van der Waals surface area contributed by atoms with Crippen molar-refractivity contribution in [2.45, 2.75) is 33.1 Å². The van der Waals surface area contributed by atoms with Gasteiger partial charge in [0.1, 0.15) is 0 Å². The van der Waals surface area contributed by atoms with Crippen molar-refractivity contribution in [3.8, 4) is 0 Å². The van der Waals surface area contributed by atoms with Crippen LogP contribution in [-0.2, 0) is 4.79 Å². The zero-order chi connectivity index (χ0) is 12.7. The minimum atomic E-state index is -0.443. The Bertz CT molecular complexity index is 307. The molecule has 0 radical (unpaired) electrons. The number of piperidine rings is 1. The van der Waals surface area contributed by atoms with Gasteiger partial charge in [-0.05, 0) is 39.3 Å². The molecule has 1 fully saturated rings. The Morgan fingerprint density at radius 3 is 2.59 bits per heavy atom. The van der Waals surface area contributed by atoms with Crippen molar-refractivity contribution in [2.24, 2.45) is 5.92 Å². The number of carbonyl (C=O) groups excluding carboxylic acids is 2. The molecule has 0 spiro atoms. The first kappa shape index (κ1) is 13.7. The highest BCUT2D eigenvalue weighted by atomic mass is 16.2. The lowest BCUT2D eigenvalue weighted by atomic mass is 9.97. The van der Waals surface area contributed by atoms with Crippen molar-refractivity contribution in [3.63, 3.8) is 0 Å². The fraction of sp³-hybridized carbons (Fsp3) is 0.667. The van der Waals surface area contributed by atoms with E-state index in [4.69, 9.17) is 0 Å². The largest absolute Gasteiger partial charge is 0.325 e. The fourth-order valence-corrected chi connectivity index (χ4v) is 1.62. The number of hydrogen-bond acceptors (Lipinski definition) is 3. The van der Waals surface area contributed by atoms with Crippen LogP contribution in [0.3, 0.4) is 0 Å². The van der Waals surface area contributed by atoms with E-state index < -0.39 is 6.03 Å². The number of amides is 3. The normalized spacial score (nSPS) is 17.6. The molecule has 0 bridgehead atoms. The summed E-state index contributed by atoms with van der Waals surface area (Å²) in [6.45, 7) is 5.61. The molecule has 0 unspecified atom stereocenters. The van der Waals surface area contributed by atoms with Gasteiger partial charge in [-0.3, -0.25) is 10.1 Å². The SMILES string of the molecule is CC/C(C)=C/NC(=O)NC(=O)C1CCNCC1. The molecule has 5 nitrogen and oxygen atoms in total. The molecule has 0 atom stereocenters. The molecule has 0 aromatic heterocycles. The molecule has 3 N–H and O–H groups in total. The molecule has 1 saturated heterocycles. The van der Waals surface area contributed by atoms with Crippen LogP contribution in [0.4, 0.5) is 4.79 Å². The molecule has 1 aliphatic heterocycles. The van der Waals surface area contributed by atoms with Gasteiger partial charge in [0, 0.05) is 12.1 Å². The number of carbonyl (C=O) groups is 2. The van der Waals surface area contributed by atoms with E-state index in [1.165, 1.54) is 0 Å². The summed E-state index contributed by atoms with van der Waals surface area (Å²) in [4.78, 5) is 23.1. The lowest BCUT2D eigenvalue weighted by Crippen LogP contribution is -2.43. The summed E-state index contributed by atoms with van der Waals surface area (Å²) >= 11 is 0. The van der Waals surface area contributed by atoms with Gasteiger partial charge in [-0.15, -0.1) is 0 Å². The summed E-state index contributed by atoms with van der Waals surface area (Å²) in [6.07, 6.45) is 4.10. The molecule has 96 valence electrons. The Morgan fingerprint density at radius 2 is 2.00 bits per heavy atom. The summed E-state index contributed by atoms with van der Waals surface area (Å²) in [5.41, 5.74) is 1.06. The van der Waals surface area contributed by atoms with Gasteiger partial charge in [-0.1, -0.05) is 12.5 Å². The van der Waals surface area contributed by atoms with Crippen molar-refractivity contribution >= 4 is 11.9 Å². The molecule has 17 heavy (non-hydrogen) atoms. The van der Waals surface area contributed by atoms with Gasteiger partial charge >= 0.3 is 6.03 Å². The highest BCUT2D eigenvalue weighted by molar-refractivity contribution is 5.95. The Balaban J connectivity index is 2.32. The second kappa shape index (κ2) is 7.06. The van der Waals surface area contributed by atoms with Gasteiger partial charge in [0.25, 0.3) is 0 Å². The summed E-state index contributed by atoms with van der Waals surface area (Å²) in [5, 5.41) is 8.10. The van der Waals surface area contributed by atoms with Gasteiger partial charge in [0.05, 0.1) is 0 Å². The highest BCUT2D eigenvalue weighted by Gasteiger charge is 2.21. The quantitative estimate of drug-likeness (QED) is 0.691. The highest BCUT2D eigenvalue weighted by Crippen LogP contribution is 2.10. The van der Waals surface area contributed by atoms with Crippen molar-refractivity contribution < 1.29 is 9.59 Å². The Hall–Kier alpha value is -1.36. The van der Waals surface area contributed by atoms with E-state index in [0.29, 0.717) is 0 Å². The number of nitrogens with one attached hydrogen (secondary N) is 3. The van der Waals surface area contributed by atoms with Crippen LogP contribution >= 0.6 is 0 Å². The summed E-state index contributed by atoms with van der Waals surface area (Å²) in [7, 11) is 0. The minimum absolute atomic E-state index is 0.0433. The first-order valence-corrected chi connectivity index (χ1v) is 6.11. The molecular formula is C12H21N3O2. The monoisotopic (exact) mass is 239 g/mol. The Kier molecular flexibility index (Phi) is 5.69. The molecule has 0 saturated carbocycles. The smallest absolute Gasteiger partial charge is 0.317 e. The van der Waals surface area contributed by atoms with Gasteiger partial charge in [0.2, 0.25) is 5.91 Å². The average molecular weight is 239 g/mol. The molecule has 0 aromatic rings. The third-order valence-corrected chi connectivity index (χ3v) is 2.95. The first-order valence-electron chi connectivity index (χ1n) is 6.11. The van der Waals surface area contributed by atoms with Crippen molar-refractivity contribution in [1.29, 1.82) is 0 Å². The van der Waals surface area contributed by atoms with E-state index >= 15 is 0 Å². The molecular weight excluding hydrogens is 218 g/mol. The van der Waals surface area contributed by atoms with E-state index in [9.17, 15) is 9.59 Å². The lowest BCUT2D eigenvalue weighted by Gasteiger charge is -2.21. The van der Waals surface area contributed by atoms with Crippen LogP contribution in [0.1, 0.15) is 33.1 Å². The average Bonchev–Trinajstić information content (AvgIpc) is 2.36. The predicted molar refractivity (Wildman–Crippen MR) is 66.3 cm³/mol. The molecule has 3 amide bonds. The lowest BCUT2D eigenvalue weighted by molar-refractivity contribution is -0.124. The van der Waals surface area contributed by atoms with Gasteiger partial charge in [0.15, 0.2) is 0 Å². The molecule has 1 aliphatic rings. The number of rotatable bonds is 3. The summed E-state index contributed by atoms with van der Waals surface area (Å²) in [6, 6.07) is -0.443. The van der Waals surface area contributed by atoms with E-state index in [0.717, 1.165) is 37.9 Å². The minimum Gasteiger partial charge on any atom is -0.317 e. The van der Waals surface area contributed by atoms with E-state index in [2.05, 4.69) is 16.0 Å².